The van der Waals surface area contributed by atoms with E-state index in [9.17, 15) is 4.79 Å². The van der Waals surface area contributed by atoms with E-state index in [1.54, 1.807) is 7.11 Å². The molecule has 1 atom stereocenters. The molecule has 122 valence electrons. The van der Waals surface area contributed by atoms with Gasteiger partial charge in [0, 0.05) is 51.4 Å². The van der Waals surface area contributed by atoms with Gasteiger partial charge in [-0.25, -0.2) is 0 Å². The number of carbonyl (C=O) groups is 1. The Balaban J connectivity index is 1.99. The fourth-order valence-corrected chi connectivity index (χ4v) is 2.93. The highest BCUT2D eigenvalue weighted by atomic mass is 16.5. The zero-order valence-electron chi connectivity index (χ0n) is 13.6. The van der Waals surface area contributed by atoms with Crippen LogP contribution in [0.3, 0.4) is 0 Å². The molecule has 0 bridgehead atoms. The summed E-state index contributed by atoms with van der Waals surface area (Å²) in [7, 11) is 1.73. The summed E-state index contributed by atoms with van der Waals surface area (Å²) in [4.78, 5) is 17.0. The number of amides is 1. The van der Waals surface area contributed by atoms with Crippen molar-refractivity contribution in [3.8, 4) is 0 Å². The zero-order valence-corrected chi connectivity index (χ0v) is 13.6. The molecular weight excluding hydrogens is 278 g/mol. The minimum absolute atomic E-state index is 0.119. The standard InChI is InChI=1S/C17H27N3O2/c1-3-16-13-20(9-8-19(16)10-11-22-2)17(21)15-6-4-14(12-18)5-7-15/h4-7,16H,3,8-13,18H2,1-2H3. The van der Waals surface area contributed by atoms with Crippen LogP contribution < -0.4 is 5.73 Å². The third-order valence-electron chi connectivity index (χ3n) is 4.38. The Morgan fingerprint density at radius 2 is 2.05 bits per heavy atom. The highest BCUT2D eigenvalue weighted by molar-refractivity contribution is 5.94. The van der Waals surface area contributed by atoms with Crippen LogP contribution in [0.1, 0.15) is 29.3 Å². The summed E-state index contributed by atoms with van der Waals surface area (Å²) in [5.41, 5.74) is 7.40. The molecule has 2 N–H and O–H groups in total. The van der Waals surface area contributed by atoms with Crippen LogP contribution in [0.4, 0.5) is 0 Å². The maximum atomic E-state index is 12.6. The lowest BCUT2D eigenvalue weighted by atomic mass is 10.1. The summed E-state index contributed by atoms with van der Waals surface area (Å²) in [6.07, 6.45) is 1.04. The fraction of sp³-hybridized carbons (Fsp3) is 0.588. The first-order valence-corrected chi connectivity index (χ1v) is 8.00. The van der Waals surface area contributed by atoms with Crippen molar-refractivity contribution in [3.63, 3.8) is 0 Å². The average molecular weight is 305 g/mol. The molecule has 1 amide bonds. The minimum atomic E-state index is 0.119. The molecule has 0 aliphatic carbocycles. The predicted octanol–water partition coefficient (Wildman–Crippen LogP) is 1.33. The number of methoxy groups -OCH3 is 1. The Morgan fingerprint density at radius 3 is 2.64 bits per heavy atom. The van der Waals surface area contributed by atoms with Gasteiger partial charge in [0.25, 0.3) is 5.91 Å². The molecule has 1 aromatic rings. The molecule has 22 heavy (non-hydrogen) atoms. The second-order valence-electron chi connectivity index (χ2n) is 5.74. The summed E-state index contributed by atoms with van der Waals surface area (Å²) >= 11 is 0. The number of benzene rings is 1. The summed E-state index contributed by atoms with van der Waals surface area (Å²) in [5.74, 6) is 0.119. The molecule has 1 heterocycles. The van der Waals surface area contributed by atoms with Crippen LogP contribution >= 0.6 is 0 Å². The minimum Gasteiger partial charge on any atom is -0.383 e. The quantitative estimate of drug-likeness (QED) is 0.861. The highest BCUT2D eigenvalue weighted by Gasteiger charge is 2.28. The molecule has 1 saturated heterocycles. The van der Waals surface area contributed by atoms with Crippen LogP contribution in [0, 0.1) is 0 Å². The Bertz CT molecular complexity index is 475. The third kappa shape index (κ3) is 4.06. The van der Waals surface area contributed by atoms with Gasteiger partial charge in [-0.3, -0.25) is 9.69 Å². The van der Waals surface area contributed by atoms with Gasteiger partial charge in [0.1, 0.15) is 0 Å². The molecule has 1 fully saturated rings. The van der Waals surface area contributed by atoms with Gasteiger partial charge in [0.05, 0.1) is 6.61 Å². The Kier molecular flexibility index (Phi) is 6.36. The molecule has 1 aromatic carbocycles. The van der Waals surface area contributed by atoms with Crippen LogP contribution in [-0.2, 0) is 11.3 Å². The van der Waals surface area contributed by atoms with E-state index in [4.69, 9.17) is 10.5 Å². The first-order chi connectivity index (χ1) is 10.7. The summed E-state index contributed by atoms with van der Waals surface area (Å²) in [6.45, 7) is 6.83. The van der Waals surface area contributed by atoms with E-state index in [1.165, 1.54) is 0 Å². The van der Waals surface area contributed by atoms with Crippen molar-refractivity contribution in [1.29, 1.82) is 0 Å². The largest absolute Gasteiger partial charge is 0.383 e. The molecule has 1 aliphatic heterocycles. The van der Waals surface area contributed by atoms with Gasteiger partial charge in [-0.2, -0.15) is 0 Å². The van der Waals surface area contributed by atoms with Crippen LogP contribution in [0.15, 0.2) is 24.3 Å². The lowest BCUT2D eigenvalue weighted by Gasteiger charge is -2.41. The summed E-state index contributed by atoms with van der Waals surface area (Å²) in [5, 5.41) is 0. The van der Waals surface area contributed by atoms with Crippen LogP contribution in [0.2, 0.25) is 0 Å². The summed E-state index contributed by atoms with van der Waals surface area (Å²) < 4.78 is 5.17. The molecule has 0 radical (unpaired) electrons. The van der Waals surface area contributed by atoms with Gasteiger partial charge in [-0.1, -0.05) is 19.1 Å². The van der Waals surface area contributed by atoms with Gasteiger partial charge < -0.3 is 15.4 Å². The smallest absolute Gasteiger partial charge is 0.253 e. The first kappa shape index (κ1) is 16.9. The Labute approximate surface area is 133 Å². The van der Waals surface area contributed by atoms with Crippen molar-refractivity contribution < 1.29 is 9.53 Å². The van der Waals surface area contributed by atoms with Gasteiger partial charge in [0.15, 0.2) is 0 Å². The fourth-order valence-electron chi connectivity index (χ4n) is 2.93. The monoisotopic (exact) mass is 305 g/mol. The number of hydrogen-bond acceptors (Lipinski definition) is 4. The summed E-state index contributed by atoms with van der Waals surface area (Å²) in [6, 6.07) is 8.03. The molecule has 5 heteroatoms. The maximum absolute atomic E-state index is 12.6. The molecule has 2 rings (SSSR count). The van der Waals surface area contributed by atoms with Gasteiger partial charge >= 0.3 is 0 Å². The van der Waals surface area contributed by atoms with Gasteiger partial charge in [0.2, 0.25) is 0 Å². The van der Waals surface area contributed by atoms with Crippen molar-refractivity contribution in [2.24, 2.45) is 5.73 Å². The zero-order chi connectivity index (χ0) is 15.9. The normalized spacial score (nSPS) is 19.4. The van der Waals surface area contributed by atoms with Crippen molar-refractivity contribution in [3.05, 3.63) is 35.4 Å². The lowest BCUT2D eigenvalue weighted by molar-refractivity contribution is 0.0384. The van der Waals surface area contributed by atoms with Gasteiger partial charge in [-0.05, 0) is 24.1 Å². The van der Waals surface area contributed by atoms with E-state index in [1.807, 2.05) is 29.2 Å². The van der Waals surface area contributed by atoms with Crippen molar-refractivity contribution in [2.45, 2.75) is 25.9 Å². The van der Waals surface area contributed by atoms with Crippen LogP contribution in [0.5, 0.6) is 0 Å². The second-order valence-corrected chi connectivity index (χ2v) is 5.74. The van der Waals surface area contributed by atoms with Crippen LogP contribution in [0.25, 0.3) is 0 Å². The topological polar surface area (TPSA) is 58.8 Å². The van der Waals surface area contributed by atoms with Crippen LogP contribution in [-0.4, -0.2) is 61.6 Å². The van der Waals surface area contributed by atoms with Crippen molar-refractivity contribution >= 4 is 5.91 Å². The van der Waals surface area contributed by atoms with Crippen molar-refractivity contribution in [1.82, 2.24) is 9.80 Å². The highest BCUT2D eigenvalue weighted by Crippen LogP contribution is 2.16. The number of nitrogens with zero attached hydrogens (tertiary/aromatic N) is 2. The van der Waals surface area contributed by atoms with E-state index in [2.05, 4.69) is 11.8 Å². The first-order valence-electron chi connectivity index (χ1n) is 8.00. The third-order valence-corrected chi connectivity index (χ3v) is 4.38. The maximum Gasteiger partial charge on any atom is 0.253 e. The molecular formula is C17H27N3O2. The number of rotatable bonds is 6. The van der Waals surface area contributed by atoms with Gasteiger partial charge in [-0.15, -0.1) is 0 Å². The number of piperazine rings is 1. The molecule has 5 nitrogen and oxygen atoms in total. The van der Waals surface area contributed by atoms with E-state index in [-0.39, 0.29) is 5.91 Å². The number of nitrogens with two attached hydrogens (primary N) is 1. The molecule has 0 spiro atoms. The van der Waals surface area contributed by atoms with E-state index >= 15 is 0 Å². The molecule has 0 saturated carbocycles. The van der Waals surface area contributed by atoms with E-state index in [0.717, 1.165) is 50.3 Å². The lowest BCUT2D eigenvalue weighted by Crippen LogP contribution is -2.55. The number of hydrogen-bond donors (Lipinski definition) is 1. The average Bonchev–Trinajstić information content (AvgIpc) is 2.59. The van der Waals surface area contributed by atoms with E-state index < -0.39 is 0 Å². The second kappa shape index (κ2) is 8.27. The SMILES string of the molecule is CCC1CN(C(=O)c2ccc(CN)cc2)CCN1CCOC. The Hall–Kier alpha value is -1.43. The molecule has 1 unspecified atom stereocenters. The predicted molar refractivity (Wildman–Crippen MR) is 87.8 cm³/mol. The Morgan fingerprint density at radius 1 is 1.32 bits per heavy atom. The molecule has 0 aromatic heterocycles. The molecule has 1 aliphatic rings. The number of ether oxygens (including phenoxy) is 1. The van der Waals surface area contributed by atoms with Crippen molar-refractivity contribution in [2.75, 3.05) is 39.9 Å². The number of carbonyl (C=O) groups excluding carboxylic acids is 1. The van der Waals surface area contributed by atoms with E-state index in [0.29, 0.717) is 12.6 Å².